The third-order valence-corrected chi connectivity index (χ3v) is 13.0. The van der Waals surface area contributed by atoms with E-state index in [1.165, 1.54) is 71.6 Å². The van der Waals surface area contributed by atoms with E-state index in [0.717, 1.165) is 73.0 Å². The van der Waals surface area contributed by atoms with E-state index in [2.05, 4.69) is 210 Å². The molecular formula is C62H88N10. The quantitative estimate of drug-likeness (QED) is 0.160. The normalized spacial score (nSPS) is 17.4. The lowest BCUT2D eigenvalue weighted by Gasteiger charge is -2.44. The highest BCUT2D eigenvalue weighted by Gasteiger charge is 2.33. The van der Waals surface area contributed by atoms with E-state index in [0.29, 0.717) is 0 Å². The Labute approximate surface area is 435 Å². The second-order valence-corrected chi connectivity index (χ2v) is 24.7. The minimum absolute atomic E-state index is 0. The molecule has 2 N–H and O–H groups in total. The summed E-state index contributed by atoms with van der Waals surface area (Å²) in [6.45, 7) is 38.2. The third-order valence-electron chi connectivity index (χ3n) is 13.0. The van der Waals surface area contributed by atoms with Gasteiger partial charge in [-0.1, -0.05) is 189 Å². The van der Waals surface area contributed by atoms with Crippen molar-refractivity contribution in [3.8, 4) is 0 Å². The van der Waals surface area contributed by atoms with Crippen molar-refractivity contribution in [1.82, 2.24) is 20.2 Å². The molecule has 0 bridgehead atoms. The molecular weight excluding hydrogens is 885 g/mol. The molecule has 10 heteroatoms. The van der Waals surface area contributed by atoms with Crippen molar-refractivity contribution in [3.63, 3.8) is 0 Å². The van der Waals surface area contributed by atoms with Gasteiger partial charge in [0.05, 0.1) is 25.2 Å². The zero-order chi connectivity index (χ0) is 52.3. The van der Waals surface area contributed by atoms with E-state index in [4.69, 9.17) is 4.99 Å². The Bertz CT molecular complexity index is 2750. The van der Waals surface area contributed by atoms with Crippen LogP contribution in [-0.4, -0.2) is 63.6 Å². The van der Waals surface area contributed by atoms with Crippen molar-refractivity contribution in [3.05, 3.63) is 137 Å². The molecule has 72 heavy (non-hydrogen) atoms. The molecule has 1 fully saturated rings. The number of piperidine rings is 1. The van der Waals surface area contributed by atoms with Gasteiger partial charge in [-0.05, 0) is 65.6 Å². The van der Waals surface area contributed by atoms with Crippen molar-refractivity contribution < 1.29 is 1.43 Å². The Morgan fingerprint density at radius 2 is 1.14 bits per heavy atom. The molecule has 0 spiro atoms. The molecule has 10 nitrogen and oxygen atoms in total. The molecule has 10 rings (SSSR count). The maximum Gasteiger partial charge on any atom is 0.134 e. The Balaban J connectivity index is 0.000000169. The average molecular weight is 973 g/mol. The van der Waals surface area contributed by atoms with E-state index in [9.17, 15) is 0 Å². The maximum absolute atomic E-state index is 4.73. The van der Waals surface area contributed by atoms with Gasteiger partial charge in [-0.15, -0.1) is 0 Å². The summed E-state index contributed by atoms with van der Waals surface area (Å²) in [6.07, 6.45) is 9.24. The largest absolute Gasteiger partial charge is 0.369 e. The van der Waals surface area contributed by atoms with Crippen LogP contribution in [0.4, 0.5) is 5.69 Å². The van der Waals surface area contributed by atoms with E-state index < -0.39 is 0 Å². The highest BCUT2D eigenvalue weighted by Crippen LogP contribution is 2.31. The number of aromatic nitrogens is 2. The topological polar surface area (TPSA) is 115 Å². The van der Waals surface area contributed by atoms with Gasteiger partial charge in [-0.25, -0.2) is 15.0 Å². The van der Waals surface area contributed by atoms with Crippen LogP contribution in [0.3, 0.4) is 0 Å². The number of hydrogen-bond acceptors (Lipinski definition) is 10. The molecule has 1 unspecified atom stereocenters. The number of anilines is 1. The molecule has 5 aliphatic rings. The number of aliphatic imine (C=N–C) groups is 5. The van der Waals surface area contributed by atoms with Crippen LogP contribution in [0, 0.1) is 21.7 Å². The number of fused-ring (bicyclic) bond motifs is 5. The Hall–Kier alpha value is -6.03. The van der Waals surface area contributed by atoms with E-state index in [-0.39, 0.29) is 28.5 Å². The first-order valence-electron chi connectivity index (χ1n) is 26.3. The lowest BCUT2D eigenvalue weighted by atomic mass is 9.88. The fraction of sp³-hybridized carbons (Fsp3) is 0.500. The summed E-state index contributed by atoms with van der Waals surface area (Å²) in [5, 5.41) is 7.91. The van der Waals surface area contributed by atoms with Crippen LogP contribution in [0.5, 0.6) is 0 Å². The Kier molecular flexibility index (Phi) is 18.2. The van der Waals surface area contributed by atoms with E-state index in [1.54, 1.807) is 0 Å². The number of nitrogens with one attached hydrogen (secondary N) is 2. The van der Waals surface area contributed by atoms with Crippen LogP contribution in [0.2, 0.25) is 0 Å². The molecule has 1 aromatic heterocycles. The first-order chi connectivity index (χ1) is 33.9. The lowest BCUT2D eigenvalue weighted by Crippen LogP contribution is -2.51. The standard InChI is InChI=1S/C13H18N2.C13H16N2.C12H22N2.C12H16N2.C12H14N2.H2/c2*1-13(2,3)12-14-8-10-6-4-5-7-11(10)9-15-12;1-12(2,3)11-13-8-7-10-6-4-5-9-14(10)11;2*1-12(2,3)11-13-8-9-6-4-5-7-10(9)14-11;/h4-7H,8-9H2,1-3H3,(H,14,15);4-8H,9H2,1-3H3;10H,4-9H2,1-3H3;4-7H,8H2,1-3H3,(H,13,14);4-8H,1-3H3;1H. The first-order valence-corrected chi connectivity index (χ1v) is 26.3. The highest BCUT2D eigenvalue weighted by molar-refractivity contribution is 6.01. The molecule has 386 valence electrons. The lowest BCUT2D eigenvalue weighted by molar-refractivity contribution is 0.202. The first kappa shape index (κ1) is 55.3. The summed E-state index contributed by atoms with van der Waals surface area (Å²) < 4.78 is 0. The summed E-state index contributed by atoms with van der Waals surface area (Å²) in [6, 6.07) is 34.0. The van der Waals surface area contributed by atoms with E-state index >= 15 is 0 Å². The molecule has 1 saturated heterocycles. The van der Waals surface area contributed by atoms with Gasteiger partial charge in [0.25, 0.3) is 0 Å². The van der Waals surface area contributed by atoms with Gasteiger partial charge in [0.1, 0.15) is 29.2 Å². The van der Waals surface area contributed by atoms with Crippen LogP contribution in [0.1, 0.15) is 165 Å². The number of rotatable bonds is 0. The van der Waals surface area contributed by atoms with Gasteiger partial charge >= 0.3 is 0 Å². The predicted molar refractivity (Wildman–Crippen MR) is 310 cm³/mol. The monoisotopic (exact) mass is 973 g/mol. The number of benzene rings is 4. The highest BCUT2D eigenvalue weighted by atomic mass is 15.2. The second kappa shape index (κ2) is 23.7. The van der Waals surface area contributed by atoms with Crippen LogP contribution in [-0.2, 0) is 31.6 Å². The third kappa shape index (κ3) is 15.7. The van der Waals surface area contributed by atoms with Gasteiger partial charge in [0, 0.05) is 77.7 Å². The summed E-state index contributed by atoms with van der Waals surface area (Å²) >= 11 is 0. The van der Waals surface area contributed by atoms with Crippen LogP contribution in [0.15, 0.2) is 128 Å². The van der Waals surface area contributed by atoms with Crippen LogP contribution >= 0.6 is 0 Å². The summed E-state index contributed by atoms with van der Waals surface area (Å²) in [5.74, 6) is 5.37. The van der Waals surface area contributed by atoms with Crippen LogP contribution < -0.4 is 10.6 Å². The Morgan fingerprint density at radius 1 is 0.542 bits per heavy atom. The SMILES string of the molecule is CC(C)(C)C1=NCCC2CCCCN12.CC(C)(C)C1=NCc2ccccc2C=N1.CC(C)(C)C1=NCc2ccccc2CN1.CC(C)(C)C1=NCc2ccccc2N1.CC(C)(C)c1ncc2ccccc2n1.[HH]. The molecule has 0 aliphatic carbocycles. The van der Waals surface area contributed by atoms with E-state index in [1.807, 2.05) is 48.8 Å². The molecule has 5 aromatic rings. The van der Waals surface area contributed by atoms with Gasteiger partial charge in [0.15, 0.2) is 0 Å². The molecule has 4 aromatic carbocycles. The number of hydrogen-bond donors (Lipinski definition) is 2. The molecule has 5 aliphatic heterocycles. The van der Waals surface area contributed by atoms with Crippen molar-refractivity contribution in [2.75, 3.05) is 18.4 Å². The van der Waals surface area contributed by atoms with Gasteiger partial charge in [0.2, 0.25) is 0 Å². The number of amidine groups is 4. The smallest absolute Gasteiger partial charge is 0.134 e. The zero-order valence-corrected chi connectivity index (χ0v) is 46.6. The average Bonchev–Trinajstić information content (AvgIpc) is 3.71. The minimum atomic E-state index is 0. The molecule has 0 amide bonds. The molecule has 0 saturated carbocycles. The fourth-order valence-electron chi connectivity index (χ4n) is 8.88. The molecule has 1 atom stereocenters. The summed E-state index contributed by atoms with van der Waals surface area (Å²) in [5.41, 5.74) is 9.12. The minimum Gasteiger partial charge on any atom is -0.369 e. The van der Waals surface area contributed by atoms with Crippen molar-refractivity contribution >= 4 is 46.1 Å². The number of nitrogens with zero attached hydrogens (tertiary/aromatic N) is 8. The summed E-state index contributed by atoms with van der Waals surface area (Å²) in [4.78, 5) is 34.4. The predicted octanol–water partition coefficient (Wildman–Crippen LogP) is 14.7. The van der Waals surface area contributed by atoms with Crippen LogP contribution in [0.25, 0.3) is 10.9 Å². The molecule has 6 heterocycles. The molecule has 0 radical (unpaired) electrons. The maximum atomic E-state index is 4.73. The summed E-state index contributed by atoms with van der Waals surface area (Å²) in [7, 11) is 0. The number of para-hydroxylation sites is 2. The van der Waals surface area contributed by atoms with Crippen molar-refractivity contribution in [2.24, 2.45) is 46.6 Å². The fourth-order valence-corrected chi connectivity index (χ4v) is 8.88. The van der Waals surface area contributed by atoms with Gasteiger partial charge in [-0.2, -0.15) is 0 Å². The van der Waals surface area contributed by atoms with Crippen molar-refractivity contribution in [2.45, 2.75) is 167 Å². The van der Waals surface area contributed by atoms with Gasteiger partial charge < -0.3 is 15.5 Å². The zero-order valence-electron chi connectivity index (χ0n) is 46.6. The Morgan fingerprint density at radius 3 is 1.82 bits per heavy atom. The van der Waals surface area contributed by atoms with Gasteiger partial charge in [-0.3, -0.25) is 20.0 Å². The second-order valence-electron chi connectivity index (χ2n) is 24.7. The van der Waals surface area contributed by atoms with Crippen molar-refractivity contribution in [1.29, 1.82) is 0 Å².